The first-order valence-electron chi connectivity index (χ1n) is 8.70. The molecule has 4 heteroatoms. The molecule has 1 saturated heterocycles. The Bertz CT molecular complexity index is 834. The molecule has 0 saturated carbocycles. The van der Waals surface area contributed by atoms with Gasteiger partial charge in [-0.25, -0.2) is 4.79 Å². The van der Waals surface area contributed by atoms with Gasteiger partial charge < -0.3 is 5.32 Å². The van der Waals surface area contributed by atoms with Crippen molar-refractivity contribution < 1.29 is 9.59 Å². The van der Waals surface area contributed by atoms with Crippen LogP contribution >= 0.6 is 0 Å². The summed E-state index contributed by atoms with van der Waals surface area (Å²) in [6.07, 6.45) is 23.4. The fourth-order valence-corrected chi connectivity index (χ4v) is 3.71. The molecule has 2 aliphatic heterocycles. The smallest absolute Gasteiger partial charge is 0.326 e. The van der Waals surface area contributed by atoms with E-state index in [4.69, 9.17) is 0 Å². The maximum Gasteiger partial charge on any atom is 0.326 e. The number of urea groups is 1. The van der Waals surface area contributed by atoms with Gasteiger partial charge in [-0.2, -0.15) is 0 Å². The number of ketones is 1. The Balaban J connectivity index is 0.000000129. The normalized spacial score (nSPS) is 25.4. The summed E-state index contributed by atoms with van der Waals surface area (Å²) in [5.74, 6) is 0.233. The molecule has 0 aromatic heterocycles. The van der Waals surface area contributed by atoms with E-state index in [0.717, 1.165) is 24.0 Å². The minimum absolute atomic E-state index is 0.0179. The average molecular weight is 332 g/mol. The first-order valence-corrected chi connectivity index (χ1v) is 8.70. The zero-order valence-electron chi connectivity index (χ0n) is 13.9. The molecule has 2 heterocycles. The third-order valence-electron chi connectivity index (χ3n) is 4.90. The van der Waals surface area contributed by atoms with Crippen LogP contribution in [0.25, 0.3) is 0 Å². The molecule has 5 rings (SSSR count). The lowest BCUT2D eigenvalue weighted by atomic mass is 9.92. The van der Waals surface area contributed by atoms with Gasteiger partial charge in [0, 0.05) is 18.2 Å². The van der Waals surface area contributed by atoms with Gasteiger partial charge in [0.15, 0.2) is 5.78 Å². The lowest BCUT2D eigenvalue weighted by molar-refractivity contribution is -0.114. The van der Waals surface area contributed by atoms with E-state index in [1.54, 1.807) is 4.90 Å². The number of hydrogen-bond acceptors (Lipinski definition) is 2. The highest BCUT2D eigenvalue weighted by atomic mass is 16.2. The maximum atomic E-state index is 11.6. The lowest BCUT2D eigenvalue weighted by Gasteiger charge is -2.22. The minimum Gasteiger partial charge on any atom is -0.329 e. The average Bonchev–Trinajstić information content (AvgIpc) is 2.94. The second kappa shape index (κ2) is 6.55. The summed E-state index contributed by atoms with van der Waals surface area (Å²) in [5.41, 5.74) is 4.41. The SMILES string of the molecule is O=C1CC=C2C=CC=CC=C12.O=C1NC2CCCC3=C2N1C=CC=C3. The van der Waals surface area contributed by atoms with Crippen molar-refractivity contribution in [3.05, 3.63) is 83.3 Å². The Morgan fingerprint density at radius 3 is 2.84 bits per heavy atom. The summed E-state index contributed by atoms with van der Waals surface area (Å²) < 4.78 is 0. The molecular formula is C21H20N2O2. The van der Waals surface area contributed by atoms with Crippen LogP contribution < -0.4 is 5.32 Å². The van der Waals surface area contributed by atoms with E-state index < -0.39 is 0 Å². The monoisotopic (exact) mass is 332 g/mol. The number of nitrogens with zero attached hydrogens (tertiary/aromatic N) is 1. The molecule has 1 unspecified atom stereocenters. The maximum absolute atomic E-state index is 11.6. The molecule has 1 fully saturated rings. The Morgan fingerprint density at radius 2 is 1.92 bits per heavy atom. The molecular weight excluding hydrogens is 312 g/mol. The molecule has 2 amide bonds. The predicted molar refractivity (Wildman–Crippen MR) is 97.4 cm³/mol. The van der Waals surface area contributed by atoms with Crippen molar-refractivity contribution in [3.8, 4) is 0 Å². The molecule has 0 radical (unpaired) electrons. The van der Waals surface area contributed by atoms with Crippen molar-refractivity contribution in [2.24, 2.45) is 0 Å². The molecule has 126 valence electrons. The van der Waals surface area contributed by atoms with Gasteiger partial charge in [0.25, 0.3) is 0 Å². The Hall–Kier alpha value is -2.88. The highest BCUT2D eigenvalue weighted by Crippen LogP contribution is 2.33. The zero-order chi connectivity index (χ0) is 17.2. The number of amides is 2. The van der Waals surface area contributed by atoms with E-state index >= 15 is 0 Å². The van der Waals surface area contributed by atoms with Gasteiger partial charge in [-0.3, -0.25) is 9.69 Å². The van der Waals surface area contributed by atoms with Crippen LogP contribution in [-0.4, -0.2) is 22.8 Å². The fourth-order valence-electron chi connectivity index (χ4n) is 3.71. The van der Waals surface area contributed by atoms with Crippen molar-refractivity contribution in [2.75, 3.05) is 0 Å². The third-order valence-corrected chi connectivity index (χ3v) is 4.90. The van der Waals surface area contributed by atoms with Crippen LogP contribution in [-0.2, 0) is 4.79 Å². The second-order valence-electron chi connectivity index (χ2n) is 6.49. The van der Waals surface area contributed by atoms with Gasteiger partial charge in [0.05, 0.1) is 11.7 Å². The molecule has 3 aliphatic carbocycles. The minimum atomic E-state index is 0.0179. The van der Waals surface area contributed by atoms with Crippen molar-refractivity contribution in [3.63, 3.8) is 0 Å². The summed E-state index contributed by atoms with van der Waals surface area (Å²) >= 11 is 0. The van der Waals surface area contributed by atoms with Crippen molar-refractivity contribution in [1.29, 1.82) is 0 Å². The number of carbonyl (C=O) groups excluding carboxylic acids is 2. The van der Waals surface area contributed by atoms with Crippen LogP contribution in [0, 0.1) is 0 Å². The van der Waals surface area contributed by atoms with Gasteiger partial charge in [0.1, 0.15) is 0 Å². The highest BCUT2D eigenvalue weighted by molar-refractivity contribution is 6.04. The van der Waals surface area contributed by atoms with Crippen molar-refractivity contribution in [1.82, 2.24) is 10.2 Å². The van der Waals surface area contributed by atoms with E-state index in [0.29, 0.717) is 6.42 Å². The van der Waals surface area contributed by atoms with E-state index in [1.165, 1.54) is 17.7 Å². The Labute approximate surface area is 147 Å². The molecule has 1 atom stereocenters. The zero-order valence-corrected chi connectivity index (χ0v) is 13.9. The number of rotatable bonds is 0. The van der Waals surface area contributed by atoms with Gasteiger partial charge in [-0.1, -0.05) is 48.6 Å². The van der Waals surface area contributed by atoms with Crippen LogP contribution in [0.2, 0.25) is 0 Å². The standard InChI is InChI=1S/C11H12N2O.C10H8O/c14-11-12-9-6-3-5-8-4-1-2-7-13(11)10(8)9;11-10-7-6-8-4-2-1-3-5-9(8)10/h1-2,4,7,9H,3,5-6H2,(H,12,14);1-6H,7H2. The molecule has 25 heavy (non-hydrogen) atoms. The number of fused-ring (bicyclic) bond motifs is 1. The summed E-state index contributed by atoms with van der Waals surface area (Å²) in [6.45, 7) is 0. The number of hydrogen-bond donors (Lipinski definition) is 1. The first-order chi connectivity index (χ1) is 12.2. The summed E-state index contributed by atoms with van der Waals surface area (Å²) in [5, 5.41) is 3.00. The van der Waals surface area contributed by atoms with Crippen LogP contribution in [0.3, 0.4) is 0 Å². The first kappa shape index (κ1) is 15.6. The molecule has 0 aromatic rings. The lowest BCUT2D eigenvalue weighted by Crippen LogP contribution is -2.27. The van der Waals surface area contributed by atoms with Crippen LogP contribution in [0.15, 0.2) is 83.3 Å². The molecule has 5 aliphatic rings. The highest BCUT2D eigenvalue weighted by Gasteiger charge is 2.36. The second-order valence-corrected chi connectivity index (χ2v) is 6.49. The summed E-state index contributed by atoms with van der Waals surface area (Å²) in [6, 6.07) is 0.267. The van der Waals surface area contributed by atoms with Gasteiger partial charge >= 0.3 is 6.03 Å². The molecule has 0 spiro atoms. The van der Waals surface area contributed by atoms with E-state index in [2.05, 4.69) is 11.4 Å². The fraction of sp³-hybridized carbons (Fsp3) is 0.238. The molecule has 0 aromatic carbocycles. The van der Waals surface area contributed by atoms with Gasteiger partial charge in [0.2, 0.25) is 0 Å². The van der Waals surface area contributed by atoms with E-state index in [9.17, 15) is 9.59 Å². The molecule has 1 N–H and O–H groups in total. The summed E-state index contributed by atoms with van der Waals surface area (Å²) in [7, 11) is 0. The Morgan fingerprint density at radius 1 is 1.04 bits per heavy atom. The van der Waals surface area contributed by atoms with Crippen molar-refractivity contribution >= 4 is 11.8 Å². The van der Waals surface area contributed by atoms with Crippen molar-refractivity contribution in [2.45, 2.75) is 31.7 Å². The summed E-state index contributed by atoms with van der Waals surface area (Å²) in [4.78, 5) is 24.5. The largest absolute Gasteiger partial charge is 0.329 e. The van der Waals surface area contributed by atoms with E-state index in [1.807, 2.05) is 54.8 Å². The number of Topliss-reactive ketones (excluding diaryl/α,β-unsaturated/α-hetero) is 1. The number of nitrogens with one attached hydrogen (secondary N) is 1. The van der Waals surface area contributed by atoms with Gasteiger partial charge in [-0.05, 0) is 36.5 Å². The molecule has 4 nitrogen and oxygen atoms in total. The topological polar surface area (TPSA) is 49.4 Å². The third kappa shape index (κ3) is 2.95. The number of carbonyl (C=O) groups is 2. The predicted octanol–water partition coefficient (Wildman–Crippen LogP) is 3.84. The van der Waals surface area contributed by atoms with Crippen LogP contribution in [0.1, 0.15) is 25.7 Å². The van der Waals surface area contributed by atoms with Gasteiger partial charge in [-0.15, -0.1) is 0 Å². The Kier molecular flexibility index (Phi) is 4.10. The quantitative estimate of drug-likeness (QED) is 0.733. The van der Waals surface area contributed by atoms with E-state index in [-0.39, 0.29) is 17.9 Å². The van der Waals surface area contributed by atoms with Crippen LogP contribution in [0.4, 0.5) is 4.79 Å². The number of allylic oxidation sites excluding steroid dienone is 12. The molecule has 0 bridgehead atoms. The van der Waals surface area contributed by atoms with Crippen LogP contribution in [0.5, 0.6) is 0 Å².